The number of nitrogens with one attached hydrogen (secondary N) is 3. The number of halogens is 2. The lowest BCUT2D eigenvalue weighted by molar-refractivity contribution is -0.130. The first-order valence-corrected chi connectivity index (χ1v) is 10.8. The second-order valence-corrected chi connectivity index (χ2v) is 8.65. The third kappa shape index (κ3) is 5.02. The van der Waals surface area contributed by atoms with Gasteiger partial charge in [0.2, 0.25) is 0 Å². The van der Waals surface area contributed by atoms with E-state index in [1.165, 1.54) is 25.1 Å². The van der Waals surface area contributed by atoms with Crippen LogP contribution in [0.1, 0.15) is 12.5 Å². The number of fused-ring (bicyclic) bond motifs is 1. The number of carbonyl (C=O) groups is 2. The molecular weight excluding hydrogens is 455 g/mol. The number of hydrazine groups is 1. The molecule has 3 rings (SSSR count). The molecule has 1 heterocycles. The van der Waals surface area contributed by atoms with E-state index in [9.17, 15) is 18.0 Å². The van der Waals surface area contributed by atoms with E-state index in [0.717, 1.165) is 0 Å². The highest BCUT2D eigenvalue weighted by atomic mass is 35.5. The lowest BCUT2D eigenvalue weighted by Gasteiger charge is -2.12. The largest absolute Gasteiger partial charge is 0.482 e. The molecule has 1 atom stereocenters. The molecule has 0 saturated carbocycles. The fourth-order valence-corrected chi connectivity index (χ4v) is 4.19. The minimum absolute atomic E-state index is 0.0558. The summed E-state index contributed by atoms with van der Waals surface area (Å²) in [5.74, 6) is -0.972. The maximum absolute atomic E-state index is 12.2. The van der Waals surface area contributed by atoms with Crippen LogP contribution < -0.4 is 20.3 Å². The number of nitrogens with zero attached hydrogens (tertiary/aromatic N) is 1. The monoisotopic (exact) mass is 470 g/mol. The van der Waals surface area contributed by atoms with Crippen LogP contribution >= 0.6 is 23.2 Å². The molecule has 0 fully saturated rings. The predicted molar refractivity (Wildman–Crippen MR) is 111 cm³/mol. The van der Waals surface area contributed by atoms with Crippen molar-refractivity contribution >= 4 is 50.9 Å². The van der Waals surface area contributed by atoms with Crippen LogP contribution in [0.3, 0.4) is 0 Å². The molecule has 1 aliphatic heterocycles. The molecule has 30 heavy (non-hydrogen) atoms. The van der Waals surface area contributed by atoms with E-state index >= 15 is 0 Å². The summed E-state index contributed by atoms with van der Waals surface area (Å²) in [7, 11) is -3.71. The molecule has 0 spiro atoms. The van der Waals surface area contributed by atoms with Gasteiger partial charge in [0.05, 0.1) is 9.92 Å². The number of aliphatic imine (C=N–C) groups is 1. The lowest BCUT2D eigenvalue weighted by atomic mass is 10.2. The van der Waals surface area contributed by atoms with Crippen LogP contribution in [-0.4, -0.2) is 38.7 Å². The van der Waals surface area contributed by atoms with Crippen LogP contribution in [0.4, 0.5) is 0 Å². The van der Waals surface area contributed by atoms with Crippen LogP contribution in [0, 0.1) is 0 Å². The lowest BCUT2D eigenvalue weighted by Crippen LogP contribution is -2.47. The van der Waals surface area contributed by atoms with Gasteiger partial charge >= 0.3 is 0 Å². The van der Waals surface area contributed by atoms with Crippen LogP contribution in [0.5, 0.6) is 5.75 Å². The Hall–Kier alpha value is -2.82. The van der Waals surface area contributed by atoms with E-state index < -0.39 is 34.5 Å². The number of hydrogen-bond acceptors (Lipinski definition) is 6. The molecule has 3 N–H and O–H groups in total. The number of hydrogen-bond donors (Lipinski definition) is 3. The Morgan fingerprint density at radius 3 is 2.63 bits per heavy atom. The summed E-state index contributed by atoms with van der Waals surface area (Å²) in [5.41, 5.74) is 4.76. The number of sulfonamides is 1. The first-order chi connectivity index (χ1) is 14.2. The Bertz CT molecular complexity index is 1140. The molecule has 2 amide bonds. The Labute approximate surface area is 182 Å². The van der Waals surface area contributed by atoms with Gasteiger partial charge in [0, 0.05) is 10.6 Å². The van der Waals surface area contributed by atoms with Crippen LogP contribution in [-0.2, 0) is 19.6 Å². The van der Waals surface area contributed by atoms with Gasteiger partial charge in [-0.2, -0.15) is 0 Å². The maximum atomic E-state index is 12.2. The van der Waals surface area contributed by atoms with Gasteiger partial charge in [0.1, 0.15) is 17.6 Å². The molecule has 158 valence electrons. The van der Waals surface area contributed by atoms with E-state index in [0.29, 0.717) is 10.6 Å². The van der Waals surface area contributed by atoms with Crippen molar-refractivity contribution in [2.45, 2.75) is 17.9 Å². The summed E-state index contributed by atoms with van der Waals surface area (Å²) in [6.07, 6.45) is 0. The van der Waals surface area contributed by atoms with E-state index in [1.54, 1.807) is 24.3 Å². The molecule has 0 unspecified atom stereocenters. The standard InChI is InChI=1S/C18H16Cl2N4O5S/c1-10(21-17-12-4-2-3-5-15(12)30(27,28)24-17)18(26)23-22-16(25)9-29-14-7-6-11(19)8-13(14)20/h2-8,10H,9H2,1H3,(H,21,24)(H,22,25)(H,23,26)/t10-/m0/s1. The quantitative estimate of drug-likeness (QED) is 0.572. The van der Waals surface area contributed by atoms with Gasteiger partial charge in [-0.25, -0.2) is 8.42 Å². The van der Waals surface area contributed by atoms with Crippen molar-refractivity contribution in [2.24, 2.45) is 4.99 Å². The molecule has 0 aromatic heterocycles. The topological polar surface area (TPSA) is 126 Å². The first kappa shape index (κ1) is 21.9. The summed E-state index contributed by atoms with van der Waals surface area (Å²) < 4.78 is 31.7. The van der Waals surface area contributed by atoms with Crippen molar-refractivity contribution in [1.29, 1.82) is 0 Å². The van der Waals surface area contributed by atoms with Crippen molar-refractivity contribution in [2.75, 3.05) is 6.61 Å². The van der Waals surface area contributed by atoms with Gasteiger partial charge in [0.25, 0.3) is 21.8 Å². The third-order valence-electron chi connectivity index (χ3n) is 3.94. The molecular formula is C18H16Cl2N4O5S. The van der Waals surface area contributed by atoms with Crippen molar-refractivity contribution < 1.29 is 22.7 Å². The zero-order valence-electron chi connectivity index (χ0n) is 15.5. The molecule has 9 nitrogen and oxygen atoms in total. The number of rotatable bonds is 5. The van der Waals surface area contributed by atoms with Gasteiger partial charge < -0.3 is 4.74 Å². The fraction of sp³-hybridized carbons (Fsp3) is 0.167. The zero-order chi connectivity index (χ0) is 21.9. The van der Waals surface area contributed by atoms with Crippen molar-refractivity contribution in [1.82, 2.24) is 15.6 Å². The molecule has 0 bridgehead atoms. The third-order valence-corrected chi connectivity index (χ3v) is 5.87. The zero-order valence-corrected chi connectivity index (χ0v) is 17.8. The van der Waals surface area contributed by atoms with E-state index in [4.69, 9.17) is 27.9 Å². The summed E-state index contributed by atoms with van der Waals surface area (Å²) in [6.45, 7) is 1.05. The normalized spacial score (nSPS) is 16.3. The smallest absolute Gasteiger partial charge is 0.276 e. The summed E-state index contributed by atoms with van der Waals surface area (Å²) >= 11 is 11.7. The Morgan fingerprint density at radius 2 is 1.90 bits per heavy atom. The van der Waals surface area contributed by atoms with E-state index in [-0.39, 0.29) is 21.5 Å². The number of benzene rings is 2. The average Bonchev–Trinajstić information content (AvgIpc) is 2.95. The van der Waals surface area contributed by atoms with Crippen molar-refractivity contribution in [3.05, 3.63) is 58.1 Å². The average molecular weight is 471 g/mol. The fourth-order valence-electron chi connectivity index (χ4n) is 2.49. The summed E-state index contributed by atoms with van der Waals surface area (Å²) in [4.78, 5) is 28.2. The molecule has 12 heteroatoms. The van der Waals surface area contributed by atoms with Crippen LogP contribution in [0.2, 0.25) is 10.0 Å². The SMILES string of the molecule is C[C@H](N=C1NS(=O)(=O)c2ccccc21)C(=O)NNC(=O)COc1ccc(Cl)cc1Cl. The maximum Gasteiger partial charge on any atom is 0.276 e. The molecule has 2 aromatic rings. The van der Waals surface area contributed by atoms with Crippen molar-refractivity contribution in [3.63, 3.8) is 0 Å². The number of amides is 2. The minimum atomic E-state index is -3.71. The van der Waals surface area contributed by atoms with Gasteiger partial charge in [-0.1, -0.05) is 35.3 Å². The van der Waals surface area contributed by atoms with Crippen LogP contribution in [0.15, 0.2) is 52.4 Å². The Morgan fingerprint density at radius 1 is 1.17 bits per heavy atom. The van der Waals surface area contributed by atoms with Crippen LogP contribution in [0.25, 0.3) is 0 Å². The predicted octanol–water partition coefficient (Wildman–Crippen LogP) is 1.65. The summed E-state index contributed by atoms with van der Waals surface area (Å²) in [5, 5.41) is 0.662. The number of ether oxygens (including phenoxy) is 1. The highest BCUT2D eigenvalue weighted by molar-refractivity contribution is 7.90. The van der Waals surface area contributed by atoms with Gasteiger partial charge in [-0.15, -0.1) is 0 Å². The molecule has 0 radical (unpaired) electrons. The van der Waals surface area contributed by atoms with E-state index in [2.05, 4.69) is 20.6 Å². The van der Waals surface area contributed by atoms with Crippen molar-refractivity contribution in [3.8, 4) is 5.75 Å². The molecule has 1 aliphatic rings. The van der Waals surface area contributed by atoms with Gasteiger partial charge in [0.15, 0.2) is 6.61 Å². The summed E-state index contributed by atoms with van der Waals surface area (Å²) in [6, 6.07) is 9.82. The van der Waals surface area contributed by atoms with Gasteiger partial charge in [-0.05, 0) is 37.3 Å². The Kier molecular flexibility index (Phi) is 6.49. The molecule has 2 aromatic carbocycles. The molecule has 0 aliphatic carbocycles. The number of carbonyl (C=O) groups excluding carboxylic acids is 2. The second-order valence-electron chi connectivity index (χ2n) is 6.16. The first-order valence-electron chi connectivity index (χ1n) is 8.54. The minimum Gasteiger partial charge on any atom is -0.482 e. The highest BCUT2D eigenvalue weighted by Gasteiger charge is 2.31. The number of amidine groups is 1. The van der Waals surface area contributed by atoms with Gasteiger partial charge in [-0.3, -0.25) is 30.2 Å². The van der Waals surface area contributed by atoms with E-state index in [1.807, 2.05) is 0 Å². The second kappa shape index (κ2) is 8.90. The highest BCUT2D eigenvalue weighted by Crippen LogP contribution is 2.27. The molecule has 0 saturated heterocycles. The Balaban J connectivity index is 1.55.